The first-order valence-corrected chi connectivity index (χ1v) is 6.13. The third-order valence-corrected chi connectivity index (χ3v) is 2.96. The van der Waals surface area contributed by atoms with Crippen molar-refractivity contribution in [2.75, 3.05) is 19.6 Å². The molecule has 3 nitrogen and oxygen atoms in total. The molecule has 0 fully saturated rings. The molecule has 0 aliphatic rings. The number of rotatable bonds is 7. The summed E-state index contributed by atoms with van der Waals surface area (Å²) >= 11 is 0. The van der Waals surface area contributed by atoms with Crippen LogP contribution in [-0.4, -0.2) is 35.6 Å². The Labute approximate surface area is 98.7 Å². The molecule has 0 bridgehead atoms. The highest BCUT2D eigenvalue weighted by Crippen LogP contribution is 2.03. The van der Waals surface area contributed by atoms with E-state index >= 15 is 0 Å². The van der Waals surface area contributed by atoms with Gasteiger partial charge in [-0.2, -0.15) is 0 Å². The van der Waals surface area contributed by atoms with Gasteiger partial charge in [0.2, 0.25) is 0 Å². The zero-order valence-corrected chi connectivity index (χ0v) is 10.4. The summed E-state index contributed by atoms with van der Waals surface area (Å²) in [6, 6.07) is 4.33. The van der Waals surface area contributed by atoms with E-state index in [-0.39, 0.29) is 6.04 Å². The minimum atomic E-state index is 0.253. The predicted molar refractivity (Wildman–Crippen MR) is 68.3 cm³/mol. The van der Waals surface area contributed by atoms with Crippen LogP contribution in [0.4, 0.5) is 0 Å². The summed E-state index contributed by atoms with van der Waals surface area (Å²) in [6.45, 7) is 7.70. The Kier molecular flexibility index (Phi) is 6.04. The standard InChI is InChI=1S/C13H23N3/c1-3-16(4-2)10-7-13(14)11-12-5-8-15-9-6-12/h5-6,8-9,13H,3-4,7,10-11,14H2,1-2H3. The van der Waals surface area contributed by atoms with Gasteiger partial charge in [-0.3, -0.25) is 4.98 Å². The highest BCUT2D eigenvalue weighted by molar-refractivity contribution is 5.11. The van der Waals surface area contributed by atoms with Crippen LogP contribution in [0, 0.1) is 0 Å². The largest absolute Gasteiger partial charge is 0.327 e. The van der Waals surface area contributed by atoms with Crippen LogP contribution in [0.15, 0.2) is 24.5 Å². The van der Waals surface area contributed by atoms with Crippen molar-refractivity contribution in [3.63, 3.8) is 0 Å². The fraction of sp³-hybridized carbons (Fsp3) is 0.615. The summed E-state index contributed by atoms with van der Waals surface area (Å²) < 4.78 is 0. The van der Waals surface area contributed by atoms with Crippen LogP contribution in [0.2, 0.25) is 0 Å². The van der Waals surface area contributed by atoms with Gasteiger partial charge in [-0.25, -0.2) is 0 Å². The molecule has 1 heterocycles. The zero-order chi connectivity index (χ0) is 11.8. The topological polar surface area (TPSA) is 42.1 Å². The van der Waals surface area contributed by atoms with Crippen LogP contribution >= 0.6 is 0 Å². The van der Waals surface area contributed by atoms with Crippen molar-refractivity contribution in [1.29, 1.82) is 0 Å². The smallest absolute Gasteiger partial charge is 0.0270 e. The molecule has 90 valence electrons. The second-order valence-electron chi connectivity index (χ2n) is 4.14. The molecule has 0 aliphatic carbocycles. The Morgan fingerprint density at radius 2 is 1.88 bits per heavy atom. The van der Waals surface area contributed by atoms with E-state index in [2.05, 4.69) is 23.7 Å². The van der Waals surface area contributed by atoms with E-state index in [1.54, 1.807) is 0 Å². The van der Waals surface area contributed by atoms with Crippen LogP contribution in [0.25, 0.3) is 0 Å². The number of aromatic nitrogens is 1. The Hall–Kier alpha value is -0.930. The third-order valence-electron chi connectivity index (χ3n) is 2.96. The van der Waals surface area contributed by atoms with E-state index < -0.39 is 0 Å². The molecule has 0 saturated carbocycles. The average molecular weight is 221 g/mol. The Morgan fingerprint density at radius 3 is 2.44 bits per heavy atom. The second-order valence-corrected chi connectivity index (χ2v) is 4.14. The van der Waals surface area contributed by atoms with Crippen molar-refractivity contribution in [2.45, 2.75) is 32.7 Å². The van der Waals surface area contributed by atoms with Crippen LogP contribution < -0.4 is 5.73 Å². The highest BCUT2D eigenvalue weighted by Gasteiger charge is 2.06. The molecule has 16 heavy (non-hydrogen) atoms. The van der Waals surface area contributed by atoms with Gasteiger partial charge in [0.15, 0.2) is 0 Å². The maximum atomic E-state index is 6.12. The first kappa shape index (κ1) is 13.1. The number of hydrogen-bond donors (Lipinski definition) is 1. The number of pyridine rings is 1. The molecule has 1 unspecified atom stereocenters. The number of nitrogens with zero attached hydrogens (tertiary/aromatic N) is 2. The van der Waals surface area contributed by atoms with Crippen molar-refractivity contribution in [2.24, 2.45) is 5.73 Å². The summed E-state index contributed by atoms with van der Waals surface area (Å²) in [6.07, 6.45) is 5.66. The van der Waals surface area contributed by atoms with E-state index in [1.807, 2.05) is 24.5 Å². The van der Waals surface area contributed by atoms with Crippen LogP contribution in [0.3, 0.4) is 0 Å². The fourth-order valence-electron chi connectivity index (χ4n) is 1.81. The van der Waals surface area contributed by atoms with Crippen molar-refractivity contribution in [3.8, 4) is 0 Å². The molecular weight excluding hydrogens is 198 g/mol. The third kappa shape index (κ3) is 4.73. The minimum Gasteiger partial charge on any atom is -0.327 e. The molecule has 0 spiro atoms. The zero-order valence-electron chi connectivity index (χ0n) is 10.4. The van der Waals surface area contributed by atoms with Gasteiger partial charge in [-0.05, 0) is 50.2 Å². The van der Waals surface area contributed by atoms with E-state index in [4.69, 9.17) is 5.73 Å². The fourth-order valence-corrected chi connectivity index (χ4v) is 1.81. The Morgan fingerprint density at radius 1 is 1.25 bits per heavy atom. The van der Waals surface area contributed by atoms with Gasteiger partial charge in [-0.15, -0.1) is 0 Å². The summed E-state index contributed by atoms with van der Waals surface area (Å²) in [5, 5.41) is 0. The lowest BCUT2D eigenvalue weighted by Crippen LogP contribution is -2.31. The van der Waals surface area contributed by atoms with Gasteiger partial charge in [0.25, 0.3) is 0 Å². The molecule has 0 saturated heterocycles. The van der Waals surface area contributed by atoms with Gasteiger partial charge in [0, 0.05) is 18.4 Å². The summed E-state index contributed by atoms with van der Waals surface area (Å²) in [4.78, 5) is 6.41. The average Bonchev–Trinajstić information content (AvgIpc) is 2.31. The van der Waals surface area contributed by atoms with E-state index in [9.17, 15) is 0 Å². The van der Waals surface area contributed by atoms with E-state index in [0.717, 1.165) is 32.5 Å². The van der Waals surface area contributed by atoms with Gasteiger partial charge in [0.05, 0.1) is 0 Å². The lowest BCUT2D eigenvalue weighted by molar-refractivity contribution is 0.290. The Balaban J connectivity index is 2.28. The predicted octanol–water partition coefficient (Wildman–Crippen LogP) is 1.68. The second kappa shape index (κ2) is 7.36. The molecule has 0 radical (unpaired) electrons. The normalized spacial score (nSPS) is 13.0. The first-order valence-electron chi connectivity index (χ1n) is 6.13. The number of nitrogens with two attached hydrogens (primary N) is 1. The molecule has 0 amide bonds. The molecule has 1 aromatic heterocycles. The Bertz CT molecular complexity index is 270. The molecule has 1 aromatic rings. The van der Waals surface area contributed by atoms with Gasteiger partial charge < -0.3 is 10.6 Å². The maximum absolute atomic E-state index is 6.12. The molecule has 1 atom stereocenters. The van der Waals surface area contributed by atoms with Gasteiger partial charge in [-0.1, -0.05) is 13.8 Å². The van der Waals surface area contributed by atoms with Crippen molar-refractivity contribution < 1.29 is 0 Å². The first-order chi connectivity index (χ1) is 7.76. The maximum Gasteiger partial charge on any atom is 0.0270 e. The van der Waals surface area contributed by atoms with Crippen molar-refractivity contribution in [3.05, 3.63) is 30.1 Å². The SMILES string of the molecule is CCN(CC)CCC(N)Cc1ccncc1. The quantitative estimate of drug-likeness (QED) is 0.762. The van der Waals surface area contributed by atoms with E-state index in [1.165, 1.54) is 5.56 Å². The molecular formula is C13H23N3. The summed E-state index contributed by atoms with van der Waals surface area (Å²) in [5.74, 6) is 0. The monoisotopic (exact) mass is 221 g/mol. The van der Waals surface area contributed by atoms with Gasteiger partial charge in [0.1, 0.15) is 0 Å². The van der Waals surface area contributed by atoms with Crippen molar-refractivity contribution in [1.82, 2.24) is 9.88 Å². The van der Waals surface area contributed by atoms with Gasteiger partial charge >= 0.3 is 0 Å². The lowest BCUT2D eigenvalue weighted by Gasteiger charge is -2.20. The molecule has 0 aliphatic heterocycles. The summed E-state index contributed by atoms with van der Waals surface area (Å²) in [7, 11) is 0. The number of hydrogen-bond acceptors (Lipinski definition) is 3. The van der Waals surface area contributed by atoms with Crippen LogP contribution in [-0.2, 0) is 6.42 Å². The minimum absolute atomic E-state index is 0.253. The van der Waals surface area contributed by atoms with Crippen LogP contribution in [0.1, 0.15) is 25.8 Å². The summed E-state index contributed by atoms with van der Waals surface area (Å²) in [5.41, 5.74) is 7.40. The van der Waals surface area contributed by atoms with E-state index in [0.29, 0.717) is 0 Å². The molecule has 2 N–H and O–H groups in total. The van der Waals surface area contributed by atoms with Crippen molar-refractivity contribution >= 4 is 0 Å². The molecule has 1 rings (SSSR count). The van der Waals surface area contributed by atoms with Crippen LogP contribution in [0.5, 0.6) is 0 Å². The molecule has 0 aromatic carbocycles. The molecule has 3 heteroatoms. The lowest BCUT2D eigenvalue weighted by atomic mass is 10.1. The highest BCUT2D eigenvalue weighted by atomic mass is 15.1.